The average molecular weight is 634 g/mol. The Kier molecular flexibility index (Phi) is 7.02. The van der Waals surface area contributed by atoms with Crippen LogP contribution in [0.2, 0.25) is 0 Å². The van der Waals surface area contributed by atoms with E-state index in [-0.39, 0.29) is 23.9 Å². The number of non-ortho nitro benzene ring substituents is 1. The molecule has 1 aliphatic heterocycles. The number of aliphatic imine (C=N–C) groups is 1. The lowest BCUT2D eigenvalue weighted by atomic mass is 10.2. The van der Waals surface area contributed by atoms with Crippen molar-refractivity contribution in [2.24, 2.45) is 4.99 Å². The number of nitro groups is 1. The third kappa shape index (κ3) is 5.13. The van der Waals surface area contributed by atoms with E-state index in [0.29, 0.717) is 16.9 Å². The second-order valence-electron chi connectivity index (χ2n) is 5.82. The molecule has 0 bridgehead atoms. The molecule has 1 heterocycles. The molecule has 0 aromatic heterocycles. The molecule has 0 atom stereocenters. The van der Waals surface area contributed by atoms with E-state index in [1.807, 2.05) is 0 Å². The predicted octanol–water partition coefficient (Wildman–Crippen LogP) is 3.70. The fourth-order valence-electron chi connectivity index (χ4n) is 2.43. The number of halogens is 2. The summed E-state index contributed by atoms with van der Waals surface area (Å²) in [7, 11) is 1.28. The Hall–Kier alpha value is -2.55. The summed E-state index contributed by atoms with van der Waals surface area (Å²) < 4.78 is 16.7. The monoisotopic (exact) mass is 634 g/mol. The Labute approximate surface area is 197 Å². The van der Waals surface area contributed by atoms with E-state index in [9.17, 15) is 19.7 Å². The Morgan fingerprint density at radius 3 is 2.60 bits per heavy atom. The first-order chi connectivity index (χ1) is 14.3. The molecule has 2 aromatic carbocycles. The quantitative estimate of drug-likeness (QED) is 0.157. The summed E-state index contributed by atoms with van der Waals surface area (Å²) in [5, 5.41) is 10.9. The number of ether oxygens (including phenoxy) is 3. The summed E-state index contributed by atoms with van der Waals surface area (Å²) in [5.41, 5.74) is 0.934. The Morgan fingerprint density at radius 2 is 1.97 bits per heavy atom. The van der Waals surface area contributed by atoms with Gasteiger partial charge in [-0.3, -0.25) is 10.1 Å². The van der Waals surface area contributed by atoms with Crippen LogP contribution >= 0.6 is 45.2 Å². The Balaban J connectivity index is 1.87. The van der Waals surface area contributed by atoms with Crippen LogP contribution in [0.25, 0.3) is 6.08 Å². The molecule has 0 saturated heterocycles. The predicted molar refractivity (Wildman–Crippen MR) is 123 cm³/mol. The Bertz CT molecular complexity index is 1090. The number of cyclic esters (lactones) is 1. The van der Waals surface area contributed by atoms with Gasteiger partial charge in [-0.05, 0) is 75.0 Å². The maximum absolute atomic E-state index is 12.2. The van der Waals surface area contributed by atoms with Crippen LogP contribution in [0.15, 0.2) is 47.1 Å². The zero-order chi connectivity index (χ0) is 21.8. The van der Waals surface area contributed by atoms with Gasteiger partial charge in [-0.1, -0.05) is 6.07 Å². The zero-order valence-corrected chi connectivity index (χ0v) is 19.6. The van der Waals surface area contributed by atoms with Crippen molar-refractivity contribution in [3.63, 3.8) is 0 Å². The summed E-state index contributed by atoms with van der Waals surface area (Å²) in [5.74, 6) is -0.632. The second kappa shape index (κ2) is 9.51. The van der Waals surface area contributed by atoms with E-state index in [2.05, 4.69) is 54.9 Å². The SMILES string of the molecule is COC(=O)COc1c(I)cc(/C=C2\N=C(c3cccc([N+](=O)[O-])c3)OC2=O)cc1I. The molecule has 0 aliphatic carbocycles. The summed E-state index contributed by atoms with van der Waals surface area (Å²) >= 11 is 4.12. The number of benzene rings is 2. The number of hydrogen-bond donors (Lipinski definition) is 0. The van der Waals surface area contributed by atoms with Crippen LogP contribution in [0.4, 0.5) is 5.69 Å². The van der Waals surface area contributed by atoms with Crippen molar-refractivity contribution in [2.45, 2.75) is 0 Å². The first kappa shape index (κ1) is 22.1. The van der Waals surface area contributed by atoms with E-state index in [1.54, 1.807) is 24.3 Å². The number of carbonyl (C=O) groups excluding carboxylic acids is 2. The van der Waals surface area contributed by atoms with Crippen molar-refractivity contribution >= 4 is 74.8 Å². The number of esters is 2. The van der Waals surface area contributed by atoms with Gasteiger partial charge in [0.15, 0.2) is 12.3 Å². The van der Waals surface area contributed by atoms with Gasteiger partial charge >= 0.3 is 11.9 Å². The van der Waals surface area contributed by atoms with E-state index < -0.39 is 16.9 Å². The van der Waals surface area contributed by atoms with Crippen molar-refractivity contribution < 1.29 is 28.7 Å². The van der Waals surface area contributed by atoms with Gasteiger partial charge < -0.3 is 14.2 Å². The molecule has 30 heavy (non-hydrogen) atoms. The topological polar surface area (TPSA) is 117 Å². The van der Waals surface area contributed by atoms with Gasteiger partial charge in [0.05, 0.1) is 19.2 Å². The summed E-state index contributed by atoms with van der Waals surface area (Å²) in [6.07, 6.45) is 1.54. The van der Waals surface area contributed by atoms with Crippen molar-refractivity contribution in [2.75, 3.05) is 13.7 Å². The Morgan fingerprint density at radius 1 is 1.27 bits per heavy atom. The molecule has 9 nitrogen and oxygen atoms in total. The molecule has 0 amide bonds. The lowest BCUT2D eigenvalue weighted by molar-refractivity contribution is -0.384. The van der Waals surface area contributed by atoms with Gasteiger partial charge in [0.1, 0.15) is 5.75 Å². The molecule has 3 rings (SSSR count). The molecule has 0 radical (unpaired) electrons. The molecule has 0 spiro atoms. The standard InChI is InChI=1S/C19H12I2N2O7/c1-28-16(24)9-29-17-13(20)5-10(6-14(17)21)7-15-19(25)30-18(22-15)11-3-2-4-12(8-11)23(26)27/h2-8H,9H2,1H3/b15-7-. The zero-order valence-electron chi connectivity index (χ0n) is 15.3. The number of methoxy groups -OCH3 is 1. The van der Waals surface area contributed by atoms with Crippen molar-refractivity contribution in [3.8, 4) is 5.75 Å². The van der Waals surface area contributed by atoms with Crippen molar-refractivity contribution in [1.82, 2.24) is 0 Å². The maximum Gasteiger partial charge on any atom is 0.363 e. The highest BCUT2D eigenvalue weighted by molar-refractivity contribution is 14.1. The number of nitrogens with zero attached hydrogens (tertiary/aromatic N) is 2. The molecule has 11 heteroatoms. The third-order valence-corrected chi connectivity index (χ3v) is 5.41. The summed E-state index contributed by atoms with van der Waals surface area (Å²) in [6.45, 7) is -0.216. The van der Waals surface area contributed by atoms with Crippen molar-refractivity contribution in [1.29, 1.82) is 0 Å². The highest BCUT2D eigenvalue weighted by Crippen LogP contribution is 2.30. The van der Waals surface area contributed by atoms with E-state index in [1.165, 1.54) is 25.3 Å². The maximum atomic E-state index is 12.2. The van der Waals surface area contributed by atoms with Crippen LogP contribution in [0, 0.1) is 17.3 Å². The third-order valence-electron chi connectivity index (χ3n) is 3.81. The minimum atomic E-state index is -0.660. The molecular formula is C19H12I2N2O7. The van der Waals surface area contributed by atoms with Crippen LogP contribution in [0.3, 0.4) is 0 Å². The second-order valence-corrected chi connectivity index (χ2v) is 8.15. The average Bonchev–Trinajstić information content (AvgIpc) is 3.07. The molecular weight excluding hydrogens is 622 g/mol. The van der Waals surface area contributed by atoms with Crippen LogP contribution in [0.1, 0.15) is 11.1 Å². The van der Waals surface area contributed by atoms with Gasteiger partial charge in [0.2, 0.25) is 5.90 Å². The molecule has 2 aromatic rings. The molecule has 0 fully saturated rings. The molecule has 154 valence electrons. The lowest BCUT2D eigenvalue weighted by Crippen LogP contribution is -2.13. The summed E-state index contributed by atoms with van der Waals surface area (Å²) in [6, 6.07) is 9.21. The van der Waals surface area contributed by atoms with E-state index in [0.717, 1.165) is 7.14 Å². The van der Waals surface area contributed by atoms with Gasteiger partial charge in [-0.2, -0.15) is 0 Å². The van der Waals surface area contributed by atoms with Gasteiger partial charge in [0, 0.05) is 17.7 Å². The first-order valence-corrected chi connectivity index (χ1v) is 10.4. The smallest absolute Gasteiger partial charge is 0.363 e. The summed E-state index contributed by atoms with van der Waals surface area (Å²) in [4.78, 5) is 38.1. The van der Waals surface area contributed by atoms with Gasteiger partial charge in [-0.25, -0.2) is 14.6 Å². The van der Waals surface area contributed by atoms with Crippen molar-refractivity contribution in [3.05, 3.63) is 70.5 Å². The highest BCUT2D eigenvalue weighted by Gasteiger charge is 2.25. The lowest BCUT2D eigenvalue weighted by Gasteiger charge is -2.10. The highest BCUT2D eigenvalue weighted by atomic mass is 127. The molecule has 0 unspecified atom stereocenters. The number of hydrogen-bond acceptors (Lipinski definition) is 8. The number of carbonyl (C=O) groups is 2. The minimum Gasteiger partial charge on any atom is -0.480 e. The first-order valence-electron chi connectivity index (χ1n) is 8.24. The van der Waals surface area contributed by atoms with Crippen LogP contribution in [-0.2, 0) is 19.1 Å². The molecule has 0 N–H and O–H groups in total. The van der Waals surface area contributed by atoms with Gasteiger partial charge in [0.25, 0.3) is 5.69 Å². The molecule has 0 saturated carbocycles. The van der Waals surface area contributed by atoms with E-state index in [4.69, 9.17) is 9.47 Å². The largest absolute Gasteiger partial charge is 0.480 e. The number of rotatable bonds is 6. The normalized spacial score (nSPS) is 14.3. The minimum absolute atomic E-state index is 0.00243. The van der Waals surface area contributed by atoms with E-state index >= 15 is 0 Å². The van der Waals surface area contributed by atoms with Gasteiger partial charge in [-0.15, -0.1) is 0 Å². The molecule has 1 aliphatic rings. The fourth-order valence-corrected chi connectivity index (χ4v) is 4.56. The van der Waals surface area contributed by atoms with Crippen LogP contribution in [0.5, 0.6) is 5.75 Å². The fraction of sp³-hybridized carbons (Fsp3) is 0.105. The van der Waals surface area contributed by atoms with Crippen LogP contribution in [-0.4, -0.2) is 36.5 Å². The number of nitro benzene ring substituents is 1. The van der Waals surface area contributed by atoms with Crippen LogP contribution < -0.4 is 4.74 Å².